The van der Waals surface area contributed by atoms with Crippen LogP contribution in [-0.4, -0.2) is 112 Å². The molecule has 5 aromatic rings. The van der Waals surface area contributed by atoms with E-state index in [1.54, 1.807) is 31.4 Å². The van der Waals surface area contributed by atoms with Gasteiger partial charge in [-0.05, 0) is 60.0 Å². The van der Waals surface area contributed by atoms with Crippen LogP contribution in [0.1, 0.15) is 66.6 Å². The molecule has 4 aromatic heterocycles. The Morgan fingerprint density at radius 3 is 2.58 bits per heavy atom. The number of anilines is 2. The van der Waals surface area contributed by atoms with Crippen molar-refractivity contribution >= 4 is 52.1 Å². The van der Waals surface area contributed by atoms with Crippen LogP contribution in [0.4, 0.5) is 15.7 Å². The van der Waals surface area contributed by atoms with Crippen LogP contribution in [0.15, 0.2) is 52.8 Å². The number of piperidine rings is 1. The number of thiazole rings is 1. The van der Waals surface area contributed by atoms with Crippen LogP contribution in [0.5, 0.6) is 5.75 Å². The van der Waals surface area contributed by atoms with E-state index in [-0.39, 0.29) is 28.1 Å². The predicted molar refractivity (Wildman–Crippen MR) is 212 cm³/mol. The molecule has 1 atom stereocenters. The molecule has 2 amide bonds. The number of nitrogens with one attached hydrogen (secondary N) is 2. The summed E-state index contributed by atoms with van der Waals surface area (Å²) in [7, 11) is 7.77. The summed E-state index contributed by atoms with van der Waals surface area (Å²) in [4.78, 5) is 53.2. The number of tetrazole rings is 1. The molecule has 1 aliphatic rings. The van der Waals surface area contributed by atoms with Gasteiger partial charge in [0, 0.05) is 29.1 Å². The number of ether oxygens (including phenoxy) is 2. The number of benzene rings is 1. The number of rotatable bonds is 12. The molecule has 1 aromatic carbocycles. The van der Waals surface area contributed by atoms with Crippen molar-refractivity contribution in [3.05, 3.63) is 86.5 Å². The highest BCUT2D eigenvalue weighted by Gasteiger charge is 2.27. The van der Waals surface area contributed by atoms with Gasteiger partial charge in [0.25, 0.3) is 11.5 Å². The molecule has 55 heavy (non-hydrogen) atoms. The number of hydrogen-bond acceptors (Lipinski definition) is 12. The lowest BCUT2D eigenvalue weighted by Gasteiger charge is -2.34. The van der Waals surface area contributed by atoms with Crippen molar-refractivity contribution in [2.75, 3.05) is 64.6 Å². The van der Waals surface area contributed by atoms with Gasteiger partial charge in [-0.3, -0.25) is 19.3 Å². The monoisotopic (exact) mass is 770 g/mol. The lowest BCUT2D eigenvalue weighted by atomic mass is 9.93. The van der Waals surface area contributed by atoms with Gasteiger partial charge in [-0.15, -0.1) is 21.5 Å². The SMILES string of the molecule is COc1ccc(Cn2nnc(C=Cc3c(N4CCC[C@H](OC(=O)NCC[N+](C)(C)C)C4)nc4cc(C(=O)Nc5nc(C(C)(C)C)cs5)ccn4c3=O)n2)cc1. The first-order chi connectivity index (χ1) is 26.1. The maximum absolute atomic E-state index is 14.2. The Morgan fingerprint density at radius 2 is 1.87 bits per heavy atom. The van der Waals surface area contributed by atoms with Gasteiger partial charge < -0.3 is 24.2 Å². The zero-order valence-electron chi connectivity index (χ0n) is 32.3. The lowest BCUT2D eigenvalue weighted by Crippen LogP contribution is -2.45. The molecule has 2 N–H and O–H groups in total. The quantitative estimate of drug-likeness (QED) is 0.173. The van der Waals surface area contributed by atoms with E-state index in [2.05, 4.69) is 72.9 Å². The highest BCUT2D eigenvalue weighted by Crippen LogP contribution is 2.27. The molecule has 17 heteroatoms. The molecule has 0 unspecified atom stereocenters. The normalized spacial score (nSPS) is 15.0. The number of carbonyl (C=O) groups is 2. The van der Waals surface area contributed by atoms with E-state index < -0.39 is 12.2 Å². The van der Waals surface area contributed by atoms with Crippen LogP contribution in [0.2, 0.25) is 0 Å². The molecule has 0 saturated carbocycles. The summed E-state index contributed by atoms with van der Waals surface area (Å²) in [5.74, 6) is 1.07. The van der Waals surface area contributed by atoms with Gasteiger partial charge in [0.05, 0.1) is 65.7 Å². The second-order valence-corrected chi connectivity index (χ2v) is 16.3. The number of alkyl carbamates (subject to hydrolysis) is 1. The van der Waals surface area contributed by atoms with Crippen LogP contribution in [0, 0.1) is 0 Å². The Kier molecular flexibility index (Phi) is 11.6. The highest BCUT2D eigenvalue weighted by molar-refractivity contribution is 7.14. The molecular weight excluding hydrogens is 723 g/mol. The fourth-order valence-corrected chi connectivity index (χ4v) is 6.80. The third-order valence-corrected chi connectivity index (χ3v) is 9.71. The molecule has 6 rings (SSSR count). The molecule has 16 nitrogen and oxygen atoms in total. The number of hydrogen-bond donors (Lipinski definition) is 2. The smallest absolute Gasteiger partial charge is 0.407 e. The third kappa shape index (κ3) is 10.1. The summed E-state index contributed by atoms with van der Waals surface area (Å²) in [5, 5.41) is 21.0. The van der Waals surface area contributed by atoms with Crippen LogP contribution in [-0.2, 0) is 16.7 Å². The van der Waals surface area contributed by atoms with Gasteiger partial charge in [0.15, 0.2) is 11.0 Å². The number of fused-ring (bicyclic) bond motifs is 1. The van der Waals surface area contributed by atoms with Crippen molar-refractivity contribution in [1.82, 2.24) is 39.9 Å². The van der Waals surface area contributed by atoms with E-state index >= 15 is 0 Å². The van der Waals surface area contributed by atoms with E-state index in [9.17, 15) is 14.4 Å². The van der Waals surface area contributed by atoms with Gasteiger partial charge in [-0.1, -0.05) is 32.9 Å². The van der Waals surface area contributed by atoms with Crippen LogP contribution >= 0.6 is 11.3 Å². The molecule has 0 bridgehead atoms. The van der Waals surface area contributed by atoms with Crippen molar-refractivity contribution in [1.29, 1.82) is 0 Å². The molecule has 0 spiro atoms. The summed E-state index contributed by atoms with van der Waals surface area (Å²) in [6.45, 7) is 8.69. The molecule has 0 radical (unpaired) electrons. The zero-order chi connectivity index (χ0) is 39.3. The Labute approximate surface area is 323 Å². The average molecular weight is 771 g/mol. The number of likely N-dealkylation sites (N-methyl/N-ethyl adjacent to an activating group) is 1. The molecular formula is C38H48N11O5S+. The van der Waals surface area contributed by atoms with Gasteiger partial charge in [-0.25, -0.2) is 14.8 Å². The van der Waals surface area contributed by atoms with E-state index in [0.717, 1.165) is 23.6 Å². The van der Waals surface area contributed by atoms with Crippen molar-refractivity contribution in [3.8, 4) is 5.75 Å². The zero-order valence-corrected chi connectivity index (χ0v) is 33.1. The van der Waals surface area contributed by atoms with Crippen molar-refractivity contribution < 1.29 is 23.5 Å². The lowest BCUT2D eigenvalue weighted by molar-refractivity contribution is -0.869. The standard InChI is InChI=1S/C38H47N11O5S/c1-38(2,3)30-24-55-36(40-30)42-34(50)26-16-19-47-32(21-26)41-33(46-18-8-9-28(23-46)54-37(52)39-17-20-49(4,5)6)29(35(47)51)14-15-31-43-45-48(44-31)22-25-10-12-27(53-7)13-11-25/h10-16,19,21,24,28H,8-9,17-18,20,22-23H2,1-7H3,(H-,39,40,42,50,52)/p+1/t28-/m0/s1. The summed E-state index contributed by atoms with van der Waals surface area (Å²) in [6.07, 6.45) is 5.24. The van der Waals surface area contributed by atoms with E-state index in [1.165, 1.54) is 26.7 Å². The van der Waals surface area contributed by atoms with Crippen molar-refractivity contribution in [2.45, 2.75) is 51.7 Å². The second-order valence-electron chi connectivity index (χ2n) is 15.5. The van der Waals surface area contributed by atoms with E-state index in [1.807, 2.05) is 34.5 Å². The summed E-state index contributed by atoms with van der Waals surface area (Å²) >= 11 is 1.35. The number of nitrogens with zero attached hydrogens (tertiary/aromatic N) is 9. The number of methoxy groups -OCH3 is 1. The largest absolute Gasteiger partial charge is 0.497 e. The van der Waals surface area contributed by atoms with E-state index in [4.69, 9.17) is 14.5 Å². The minimum atomic E-state index is -0.485. The first kappa shape index (κ1) is 39.0. The Morgan fingerprint density at radius 1 is 1.09 bits per heavy atom. The average Bonchev–Trinajstić information content (AvgIpc) is 3.80. The van der Waals surface area contributed by atoms with Crippen LogP contribution < -0.4 is 25.8 Å². The highest BCUT2D eigenvalue weighted by atomic mass is 32.1. The molecule has 0 aliphatic carbocycles. The Balaban J connectivity index is 1.28. The maximum atomic E-state index is 14.2. The number of carbonyl (C=O) groups excluding carboxylic acids is 2. The van der Waals surface area contributed by atoms with Crippen LogP contribution in [0.3, 0.4) is 0 Å². The second kappa shape index (κ2) is 16.4. The number of aromatic nitrogens is 7. The van der Waals surface area contributed by atoms with E-state index in [0.29, 0.717) is 65.8 Å². The van der Waals surface area contributed by atoms with Gasteiger partial charge in [0.2, 0.25) is 0 Å². The minimum Gasteiger partial charge on any atom is -0.497 e. The maximum Gasteiger partial charge on any atom is 0.407 e. The Hall–Kier alpha value is -5.68. The van der Waals surface area contributed by atoms with Crippen LogP contribution in [0.25, 0.3) is 17.8 Å². The van der Waals surface area contributed by atoms with Gasteiger partial charge >= 0.3 is 6.09 Å². The number of pyridine rings is 1. The number of amides is 2. The molecule has 5 heterocycles. The van der Waals surface area contributed by atoms with Crippen molar-refractivity contribution in [3.63, 3.8) is 0 Å². The summed E-state index contributed by atoms with van der Waals surface area (Å²) in [6, 6.07) is 10.7. The molecule has 1 saturated heterocycles. The first-order valence-electron chi connectivity index (χ1n) is 18.1. The molecule has 1 fully saturated rings. The topological polar surface area (TPSA) is 171 Å². The number of quaternary nitrogens is 1. The molecule has 290 valence electrons. The summed E-state index contributed by atoms with van der Waals surface area (Å²) < 4.78 is 13.2. The fourth-order valence-electron chi connectivity index (χ4n) is 5.87. The first-order valence-corrected chi connectivity index (χ1v) is 19.0. The van der Waals surface area contributed by atoms with Gasteiger partial charge in [-0.2, -0.15) is 4.80 Å². The Bertz CT molecular complexity index is 2230. The summed E-state index contributed by atoms with van der Waals surface area (Å²) in [5.41, 5.74) is 2.21. The van der Waals surface area contributed by atoms with Gasteiger partial charge in [0.1, 0.15) is 23.3 Å². The predicted octanol–water partition coefficient (Wildman–Crippen LogP) is 4.32. The fraction of sp³-hybridized carbons (Fsp3) is 0.421. The third-order valence-electron chi connectivity index (χ3n) is 8.95. The minimum absolute atomic E-state index is 0.159. The van der Waals surface area contributed by atoms with Crippen molar-refractivity contribution in [2.24, 2.45) is 0 Å². The molecule has 1 aliphatic heterocycles.